The maximum atomic E-state index is 13.3. The number of anilines is 1. The topological polar surface area (TPSA) is 41.1 Å². The minimum Gasteiger partial charge on any atom is -0.316 e. The Morgan fingerprint density at radius 3 is 1.78 bits per heavy atom. The molecule has 0 spiro atoms. The molecule has 0 atom stereocenters. The Balaban J connectivity index is 3.13. The van der Waals surface area contributed by atoms with Gasteiger partial charge >= 0.3 is 18.4 Å². The highest BCUT2D eigenvalue weighted by atomic mass is 19.4. The Hall–Kier alpha value is -2.07. The van der Waals surface area contributed by atoms with Gasteiger partial charge in [-0.25, -0.2) is 13.6 Å². The lowest BCUT2D eigenvalue weighted by molar-refractivity contribution is -0.304. The third kappa shape index (κ3) is 3.64. The van der Waals surface area contributed by atoms with Crippen LogP contribution in [0.5, 0.6) is 0 Å². The summed E-state index contributed by atoms with van der Waals surface area (Å²) in [7, 11) is 0. The molecule has 0 aromatic heterocycles. The van der Waals surface area contributed by atoms with Crippen LogP contribution in [0, 0.1) is 11.6 Å². The molecule has 1 rings (SSSR count). The van der Waals surface area contributed by atoms with Gasteiger partial charge < -0.3 is 10.6 Å². The number of rotatable bonds is 3. The van der Waals surface area contributed by atoms with Crippen LogP contribution in [0.2, 0.25) is 0 Å². The molecule has 1 aromatic carbocycles. The average Bonchev–Trinajstić information content (AvgIpc) is 2.37. The molecule has 11 heteroatoms. The molecule has 0 heterocycles. The molecular formula is C12H10F8N2O. The van der Waals surface area contributed by atoms with Gasteiger partial charge in [-0.3, -0.25) is 0 Å². The van der Waals surface area contributed by atoms with Gasteiger partial charge in [0.25, 0.3) is 0 Å². The number of nitrogens with one attached hydrogen (secondary N) is 2. The second-order valence-electron chi connectivity index (χ2n) is 4.43. The van der Waals surface area contributed by atoms with E-state index >= 15 is 0 Å². The van der Waals surface area contributed by atoms with Gasteiger partial charge in [0.05, 0.1) is 0 Å². The normalized spacial score (nSPS) is 12.9. The van der Waals surface area contributed by atoms with E-state index in [1.165, 1.54) is 5.32 Å². The van der Waals surface area contributed by atoms with Crippen LogP contribution in [-0.2, 0) is 0 Å². The van der Waals surface area contributed by atoms with Crippen LogP contribution in [0.3, 0.4) is 0 Å². The standard InChI is InChI=1S/C12H10F8N2O/c1-2-10(11(15,16)17,12(18,19)20)22-9(23)21-8-6(13)4-3-5-7(8)14/h3-5H,2H2,1H3,(H2,21,22,23). The molecule has 0 aliphatic carbocycles. The number of para-hydroxylation sites is 1. The van der Waals surface area contributed by atoms with Crippen LogP contribution >= 0.6 is 0 Å². The van der Waals surface area contributed by atoms with Crippen molar-refractivity contribution in [3.05, 3.63) is 29.8 Å². The van der Waals surface area contributed by atoms with Crippen LogP contribution in [0.1, 0.15) is 13.3 Å². The molecule has 0 aliphatic rings. The number of hydrogen-bond acceptors (Lipinski definition) is 1. The number of benzene rings is 1. The van der Waals surface area contributed by atoms with E-state index in [-0.39, 0.29) is 0 Å². The maximum absolute atomic E-state index is 13.3. The number of carbonyl (C=O) groups excluding carboxylic acids is 1. The molecule has 2 N–H and O–H groups in total. The van der Waals surface area contributed by atoms with Crippen molar-refractivity contribution in [1.29, 1.82) is 0 Å². The lowest BCUT2D eigenvalue weighted by Crippen LogP contribution is -2.67. The van der Waals surface area contributed by atoms with E-state index in [1.807, 2.05) is 0 Å². The van der Waals surface area contributed by atoms with Gasteiger partial charge in [-0.15, -0.1) is 0 Å². The first-order valence-corrected chi connectivity index (χ1v) is 6.02. The minimum absolute atomic E-state index is 0.560. The number of hydrogen-bond donors (Lipinski definition) is 2. The maximum Gasteiger partial charge on any atom is 0.420 e. The first-order valence-electron chi connectivity index (χ1n) is 6.02. The average molecular weight is 350 g/mol. The van der Waals surface area contributed by atoms with Crippen molar-refractivity contribution in [3.8, 4) is 0 Å². The predicted octanol–water partition coefficient (Wildman–Crippen LogP) is 4.36. The van der Waals surface area contributed by atoms with Gasteiger partial charge in [-0.2, -0.15) is 26.3 Å². The summed E-state index contributed by atoms with van der Waals surface area (Å²) in [5.41, 5.74) is -5.72. The number of urea groups is 1. The second kappa shape index (κ2) is 6.20. The van der Waals surface area contributed by atoms with Gasteiger partial charge in [0.15, 0.2) is 0 Å². The fraction of sp³-hybridized carbons (Fsp3) is 0.417. The van der Waals surface area contributed by atoms with E-state index in [9.17, 15) is 39.9 Å². The van der Waals surface area contributed by atoms with Crippen molar-refractivity contribution in [3.63, 3.8) is 0 Å². The summed E-state index contributed by atoms with van der Waals surface area (Å²) in [6.45, 7) is 0.560. The third-order valence-electron chi connectivity index (χ3n) is 3.03. The summed E-state index contributed by atoms with van der Waals surface area (Å²) in [4.78, 5) is 11.4. The summed E-state index contributed by atoms with van der Waals surface area (Å²) in [5.74, 6) is -2.72. The smallest absolute Gasteiger partial charge is 0.316 e. The SMILES string of the molecule is CCC(NC(=O)Nc1c(F)cccc1F)(C(F)(F)F)C(F)(F)F. The fourth-order valence-electron chi connectivity index (χ4n) is 1.75. The summed E-state index contributed by atoms with van der Waals surface area (Å²) >= 11 is 0. The first-order chi connectivity index (χ1) is 10.4. The number of halogens is 8. The van der Waals surface area contributed by atoms with E-state index < -0.39 is 47.7 Å². The van der Waals surface area contributed by atoms with Crippen LogP contribution in [0.15, 0.2) is 18.2 Å². The molecule has 23 heavy (non-hydrogen) atoms. The van der Waals surface area contributed by atoms with Gasteiger partial charge in [0.2, 0.25) is 5.54 Å². The number of carbonyl (C=O) groups is 1. The van der Waals surface area contributed by atoms with Crippen molar-refractivity contribution >= 4 is 11.7 Å². The highest BCUT2D eigenvalue weighted by Crippen LogP contribution is 2.45. The van der Waals surface area contributed by atoms with Gasteiger partial charge in [0.1, 0.15) is 17.3 Å². The first kappa shape index (κ1) is 19.0. The molecule has 0 bridgehead atoms. The van der Waals surface area contributed by atoms with E-state index in [1.54, 1.807) is 0 Å². The molecular weight excluding hydrogens is 340 g/mol. The minimum atomic E-state index is -5.87. The second-order valence-corrected chi connectivity index (χ2v) is 4.43. The van der Waals surface area contributed by atoms with Gasteiger partial charge in [-0.05, 0) is 18.6 Å². The molecule has 0 aliphatic heterocycles. The lowest BCUT2D eigenvalue weighted by Gasteiger charge is -2.37. The van der Waals surface area contributed by atoms with Crippen molar-refractivity contribution in [2.45, 2.75) is 31.2 Å². The van der Waals surface area contributed by atoms with E-state index in [0.29, 0.717) is 19.1 Å². The van der Waals surface area contributed by atoms with Crippen LogP contribution in [-0.4, -0.2) is 23.9 Å². The summed E-state index contributed by atoms with van der Waals surface area (Å²) in [6.07, 6.45) is -13.3. The Bertz CT molecular complexity index is 547. The highest BCUT2D eigenvalue weighted by Gasteiger charge is 2.70. The molecule has 130 valence electrons. The number of amides is 2. The van der Waals surface area contributed by atoms with Crippen molar-refractivity contribution in [2.75, 3.05) is 5.32 Å². The summed E-state index contributed by atoms with van der Waals surface area (Å²) in [5, 5.41) is 2.04. The Kier molecular flexibility index (Phi) is 5.12. The van der Waals surface area contributed by atoms with Crippen LogP contribution in [0.25, 0.3) is 0 Å². The van der Waals surface area contributed by atoms with E-state index in [2.05, 4.69) is 0 Å². The Morgan fingerprint density at radius 2 is 1.43 bits per heavy atom. The quantitative estimate of drug-likeness (QED) is 0.782. The molecule has 1 aromatic rings. The molecule has 0 unspecified atom stereocenters. The van der Waals surface area contributed by atoms with Gasteiger partial charge in [0, 0.05) is 0 Å². The summed E-state index contributed by atoms with van der Waals surface area (Å²) < 4.78 is 103. The summed E-state index contributed by atoms with van der Waals surface area (Å²) in [6, 6.07) is 0.180. The van der Waals surface area contributed by atoms with Crippen LogP contribution < -0.4 is 10.6 Å². The molecule has 0 fully saturated rings. The predicted molar refractivity (Wildman–Crippen MR) is 63.6 cm³/mol. The monoisotopic (exact) mass is 350 g/mol. The zero-order valence-corrected chi connectivity index (χ0v) is 11.4. The Morgan fingerprint density at radius 1 is 1.00 bits per heavy atom. The largest absolute Gasteiger partial charge is 0.420 e. The van der Waals surface area contributed by atoms with E-state index in [4.69, 9.17) is 0 Å². The fourth-order valence-corrected chi connectivity index (χ4v) is 1.75. The van der Waals surface area contributed by atoms with Crippen LogP contribution in [0.4, 0.5) is 45.6 Å². The zero-order valence-electron chi connectivity index (χ0n) is 11.4. The molecule has 0 saturated heterocycles. The zero-order chi connectivity index (χ0) is 18.1. The molecule has 3 nitrogen and oxygen atoms in total. The highest BCUT2D eigenvalue weighted by molar-refractivity contribution is 5.90. The van der Waals surface area contributed by atoms with Gasteiger partial charge in [-0.1, -0.05) is 13.0 Å². The van der Waals surface area contributed by atoms with Crippen molar-refractivity contribution < 1.29 is 39.9 Å². The van der Waals surface area contributed by atoms with Crippen molar-refractivity contribution in [1.82, 2.24) is 5.32 Å². The van der Waals surface area contributed by atoms with Crippen molar-refractivity contribution in [2.24, 2.45) is 0 Å². The molecule has 2 amide bonds. The Labute approximate surface area is 124 Å². The lowest BCUT2D eigenvalue weighted by atomic mass is 9.94. The third-order valence-corrected chi connectivity index (χ3v) is 3.03. The number of alkyl halides is 6. The molecule has 0 radical (unpaired) electrons. The van der Waals surface area contributed by atoms with E-state index in [0.717, 1.165) is 11.4 Å². The molecule has 0 saturated carbocycles.